The third-order valence-corrected chi connectivity index (χ3v) is 6.73. The molecule has 1 saturated heterocycles. The molecular formula is C24H34N5O3+. The van der Waals surface area contributed by atoms with Crippen LogP contribution in [0.15, 0.2) is 10.7 Å². The van der Waals surface area contributed by atoms with Gasteiger partial charge in [-0.25, -0.2) is 15.0 Å². The Labute approximate surface area is 188 Å². The molecule has 5 rings (SSSR count). The first-order valence-corrected chi connectivity index (χ1v) is 11.8. The molecule has 3 aromatic heterocycles. The zero-order chi connectivity index (χ0) is 22.5. The summed E-state index contributed by atoms with van der Waals surface area (Å²) in [5, 5.41) is 10.3. The van der Waals surface area contributed by atoms with Crippen LogP contribution in [-0.4, -0.2) is 65.0 Å². The average molecular weight is 441 g/mol. The Morgan fingerprint density at radius 2 is 1.97 bits per heavy atom. The number of aliphatic hydroxyl groups is 1. The van der Waals surface area contributed by atoms with Crippen molar-refractivity contribution in [3.05, 3.63) is 23.1 Å². The predicted octanol–water partition coefficient (Wildman–Crippen LogP) is 1.52. The second kappa shape index (κ2) is 8.24. The van der Waals surface area contributed by atoms with Crippen LogP contribution >= 0.6 is 0 Å². The van der Waals surface area contributed by atoms with E-state index in [1.165, 1.54) is 16.0 Å². The number of aromatic nitrogens is 3. The number of aliphatic hydroxyl groups excluding tert-OH is 1. The highest BCUT2D eigenvalue weighted by Gasteiger charge is 2.33. The number of furan rings is 1. The van der Waals surface area contributed by atoms with Gasteiger partial charge in [0.1, 0.15) is 18.4 Å². The van der Waals surface area contributed by atoms with E-state index in [4.69, 9.17) is 14.1 Å². The number of hydrogen-bond acceptors (Lipinski definition) is 7. The molecule has 2 aliphatic rings. The summed E-state index contributed by atoms with van der Waals surface area (Å²) in [7, 11) is 0. The number of anilines is 1. The van der Waals surface area contributed by atoms with Crippen LogP contribution in [0, 0.1) is 5.92 Å². The number of nitrogens with zero attached hydrogens (tertiary/aromatic N) is 4. The Kier molecular flexibility index (Phi) is 5.55. The minimum Gasteiger partial charge on any atom is -0.432 e. The molecule has 2 aliphatic heterocycles. The van der Waals surface area contributed by atoms with E-state index in [-0.39, 0.29) is 12.2 Å². The third-order valence-electron chi connectivity index (χ3n) is 6.73. The SMILES string of the molecule is CC(C)Cc1nc2oc3c(N4CC[NH+](CCO)CC4)ncnc3c2c2c1COC(C)(C)C2. The van der Waals surface area contributed by atoms with Crippen LogP contribution in [0.25, 0.3) is 22.2 Å². The van der Waals surface area contributed by atoms with Crippen LogP contribution in [0.3, 0.4) is 0 Å². The number of nitrogens with one attached hydrogen (secondary N) is 1. The Hall–Kier alpha value is -2.29. The van der Waals surface area contributed by atoms with Crippen LogP contribution in [0.4, 0.5) is 5.82 Å². The van der Waals surface area contributed by atoms with Gasteiger partial charge >= 0.3 is 0 Å². The lowest BCUT2D eigenvalue weighted by Crippen LogP contribution is -3.15. The van der Waals surface area contributed by atoms with Gasteiger partial charge in [0, 0.05) is 12.0 Å². The zero-order valence-corrected chi connectivity index (χ0v) is 19.6. The number of rotatable bonds is 5. The van der Waals surface area contributed by atoms with E-state index >= 15 is 0 Å². The lowest BCUT2D eigenvalue weighted by molar-refractivity contribution is -0.900. The van der Waals surface area contributed by atoms with Gasteiger partial charge in [0.25, 0.3) is 0 Å². The van der Waals surface area contributed by atoms with Crippen LogP contribution in [0.2, 0.25) is 0 Å². The fraction of sp³-hybridized carbons (Fsp3) is 0.625. The lowest BCUT2D eigenvalue weighted by Gasteiger charge is -2.33. The Balaban J connectivity index is 1.63. The second-order valence-corrected chi connectivity index (χ2v) is 10.2. The highest BCUT2D eigenvalue weighted by atomic mass is 16.5. The average Bonchev–Trinajstić information content (AvgIpc) is 3.12. The monoisotopic (exact) mass is 440 g/mol. The van der Waals surface area contributed by atoms with Gasteiger partial charge in [-0.15, -0.1) is 0 Å². The Morgan fingerprint density at radius 1 is 1.19 bits per heavy atom. The highest BCUT2D eigenvalue weighted by Crippen LogP contribution is 2.40. The summed E-state index contributed by atoms with van der Waals surface area (Å²) in [5.74, 6) is 1.35. The number of piperazine rings is 1. The van der Waals surface area contributed by atoms with E-state index in [2.05, 4.69) is 42.6 Å². The van der Waals surface area contributed by atoms with Crippen molar-refractivity contribution >= 4 is 28.0 Å². The van der Waals surface area contributed by atoms with Gasteiger partial charge < -0.3 is 24.1 Å². The van der Waals surface area contributed by atoms with Crippen molar-refractivity contribution in [2.24, 2.45) is 5.92 Å². The van der Waals surface area contributed by atoms with Crippen molar-refractivity contribution in [2.45, 2.75) is 52.7 Å². The van der Waals surface area contributed by atoms with Gasteiger partial charge in [0.15, 0.2) is 11.4 Å². The molecule has 0 saturated carbocycles. The summed E-state index contributed by atoms with van der Waals surface area (Å²) < 4.78 is 12.6. The Morgan fingerprint density at radius 3 is 2.69 bits per heavy atom. The second-order valence-electron chi connectivity index (χ2n) is 10.2. The van der Waals surface area contributed by atoms with Crippen molar-refractivity contribution in [3.63, 3.8) is 0 Å². The molecule has 8 nitrogen and oxygen atoms in total. The molecule has 0 unspecified atom stereocenters. The van der Waals surface area contributed by atoms with Crippen molar-refractivity contribution < 1.29 is 19.2 Å². The highest BCUT2D eigenvalue weighted by molar-refractivity contribution is 6.06. The normalized spacial score (nSPS) is 19.2. The van der Waals surface area contributed by atoms with Crippen LogP contribution in [0.1, 0.15) is 44.5 Å². The molecule has 0 aliphatic carbocycles. The first-order valence-electron chi connectivity index (χ1n) is 11.8. The van der Waals surface area contributed by atoms with Gasteiger partial charge in [-0.05, 0) is 31.7 Å². The summed E-state index contributed by atoms with van der Waals surface area (Å²) in [4.78, 5) is 18.0. The molecule has 5 heterocycles. The summed E-state index contributed by atoms with van der Waals surface area (Å²) in [5.41, 5.74) is 5.56. The molecule has 3 aromatic rings. The van der Waals surface area contributed by atoms with Crippen molar-refractivity contribution in [3.8, 4) is 0 Å². The minimum atomic E-state index is -0.234. The van der Waals surface area contributed by atoms with Gasteiger partial charge in [-0.2, -0.15) is 0 Å². The number of pyridine rings is 1. The fourth-order valence-electron chi connectivity index (χ4n) is 5.08. The van der Waals surface area contributed by atoms with Gasteiger partial charge in [0.05, 0.1) is 56.1 Å². The fourth-order valence-corrected chi connectivity index (χ4v) is 5.08. The largest absolute Gasteiger partial charge is 0.432 e. The van der Waals surface area contributed by atoms with E-state index in [9.17, 15) is 5.11 Å². The number of quaternary nitrogens is 1. The molecule has 0 radical (unpaired) electrons. The molecule has 8 heteroatoms. The molecule has 2 N–H and O–H groups in total. The third kappa shape index (κ3) is 3.84. The molecular weight excluding hydrogens is 406 g/mol. The van der Waals surface area contributed by atoms with Crippen molar-refractivity contribution in [1.82, 2.24) is 15.0 Å². The first kappa shape index (κ1) is 21.6. The molecule has 0 bridgehead atoms. The van der Waals surface area contributed by atoms with Crippen LogP contribution < -0.4 is 9.80 Å². The molecule has 172 valence electrons. The van der Waals surface area contributed by atoms with Gasteiger partial charge in [-0.3, -0.25) is 0 Å². The van der Waals surface area contributed by atoms with E-state index in [0.29, 0.717) is 18.2 Å². The predicted molar refractivity (Wildman–Crippen MR) is 123 cm³/mol. The maximum Gasteiger partial charge on any atom is 0.229 e. The maximum atomic E-state index is 9.25. The first-order chi connectivity index (χ1) is 15.4. The Bertz CT molecular complexity index is 1130. The van der Waals surface area contributed by atoms with E-state index in [0.717, 1.165) is 73.6 Å². The molecule has 0 atom stereocenters. The van der Waals surface area contributed by atoms with Gasteiger partial charge in [-0.1, -0.05) is 13.8 Å². The van der Waals surface area contributed by atoms with Crippen LogP contribution in [0.5, 0.6) is 0 Å². The van der Waals surface area contributed by atoms with E-state index < -0.39 is 0 Å². The molecule has 0 amide bonds. The number of ether oxygens (including phenoxy) is 1. The topological polar surface area (TPSA) is 89.0 Å². The zero-order valence-electron chi connectivity index (χ0n) is 19.6. The minimum absolute atomic E-state index is 0.228. The summed E-state index contributed by atoms with van der Waals surface area (Å²) >= 11 is 0. The quantitative estimate of drug-likeness (QED) is 0.622. The molecule has 0 aromatic carbocycles. The van der Waals surface area contributed by atoms with E-state index in [1.54, 1.807) is 6.33 Å². The van der Waals surface area contributed by atoms with Crippen LogP contribution in [-0.2, 0) is 24.2 Å². The standard InChI is InChI=1S/C24H33N5O3/c1-15(2)11-18-17-13-31-24(3,4)12-16(17)19-20-21(32-23(19)27-18)22(26-14-25-20)29-7-5-28(6-8-29)9-10-30/h14-15,30H,5-13H2,1-4H3/p+1. The van der Waals surface area contributed by atoms with Gasteiger partial charge in [0.2, 0.25) is 5.71 Å². The molecule has 1 fully saturated rings. The smallest absolute Gasteiger partial charge is 0.229 e. The summed E-state index contributed by atoms with van der Waals surface area (Å²) in [6.45, 7) is 14.0. The molecule has 0 spiro atoms. The number of hydrogen-bond donors (Lipinski definition) is 2. The van der Waals surface area contributed by atoms with Crippen molar-refractivity contribution in [1.29, 1.82) is 0 Å². The molecule has 32 heavy (non-hydrogen) atoms. The summed E-state index contributed by atoms with van der Waals surface area (Å²) in [6.07, 6.45) is 3.36. The van der Waals surface area contributed by atoms with E-state index in [1.807, 2.05) is 0 Å². The number of fused-ring (bicyclic) bond motifs is 5. The summed E-state index contributed by atoms with van der Waals surface area (Å²) in [6, 6.07) is 0. The van der Waals surface area contributed by atoms with Crippen molar-refractivity contribution in [2.75, 3.05) is 44.2 Å². The maximum absolute atomic E-state index is 9.25. The lowest BCUT2D eigenvalue weighted by atomic mass is 9.88.